The quantitative estimate of drug-likeness (QED) is 0.632. The Kier molecular flexibility index (Phi) is 7.21. The van der Waals surface area contributed by atoms with E-state index in [9.17, 15) is 22.8 Å². The van der Waals surface area contributed by atoms with Gasteiger partial charge in [0.05, 0.1) is 13.4 Å². The van der Waals surface area contributed by atoms with Gasteiger partial charge in [-0.15, -0.1) is 0 Å². The molecule has 27 heavy (non-hydrogen) atoms. The normalized spacial score (nSPS) is 23.5. The van der Waals surface area contributed by atoms with Gasteiger partial charge in [-0.2, -0.15) is 4.31 Å². The number of hydrogen-bond donors (Lipinski definition) is 1. The van der Waals surface area contributed by atoms with Gasteiger partial charge in [0.15, 0.2) is 0 Å². The Hall–Kier alpha value is -1.68. The second kappa shape index (κ2) is 9.01. The van der Waals surface area contributed by atoms with E-state index in [-0.39, 0.29) is 31.5 Å². The Morgan fingerprint density at radius 2 is 1.74 bits per heavy atom. The number of hydrogen-bond acceptors (Lipinski definition) is 6. The molecule has 1 heterocycles. The summed E-state index contributed by atoms with van der Waals surface area (Å²) >= 11 is 0. The number of nitrogens with zero attached hydrogens (tertiary/aromatic N) is 2. The number of carbonyl (C=O) groups is 3. The summed E-state index contributed by atoms with van der Waals surface area (Å²) in [6.07, 6.45) is 5.73. The number of methoxy groups -OCH3 is 1. The molecule has 154 valence electrons. The topological polar surface area (TPSA) is 113 Å². The van der Waals surface area contributed by atoms with Crippen molar-refractivity contribution >= 4 is 27.8 Å². The molecule has 0 radical (unpaired) electrons. The average Bonchev–Trinajstić information content (AvgIpc) is 2.66. The summed E-state index contributed by atoms with van der Waals surface area (Å²) in [6.45, 7) is 1.69. The number of ether oxygens (including phenoxy) is 1. The van der Waals surface area contributed by atoms with Crippen LogP contribution in [0.5, 0.6) is 0 Å². The Bertz CT molecular complexity index is 674. The first kappa shape index (κ1) is 21.6. The third-order valence-electron chi connectivity index (χ3n) is 5.27. The maximum Gasteiger partial charge on any atom is 0.328 e. The average molecular weight is 404 g/mol. The van der Waals surface area contributed by atoms with Crippen LogP contribution in [0.15, 0.2) is 0 Å². The minimum absolute atomic E-state index is 0.103. The molecule has 0 aromatic carbocycles. The van der Waals surface area contributed by atoms with Crippen molar-refractivity contribution in [3.63, 3.8) is 0 Å². The van der Waals surface area contributed by atoms with Crippen LogP contribution in [0.1, 0.15) is 39.0 Å². The van der Waals surface area contributed by atoms with Crippen molar-refractivity contribution in [2.24, 2.45) is 5.92 Å². The van der Waals surface area contributed by atoms with E-state index in [1.54, 1.807) is 0 Å². The molecule has 1 N–H and O–H groups in total. The van der Waals surface area contributed by atoms with Gasteiger partial charge in [0.2, 0.25) is 21.8 Å². The third-order valence-corrected chi connectivity index (χ3v) is 6.54. The Morgan fingerprint density at radius 3 is 2.30 bits per heavy atom. The van der Waals surface area contributed by atoms with Crippen LogP contribution in [0, 0.1) is 5.92 Å². The number of esters is 1. The molecule has 0 aromatic heterocycles. The fourth-order valence-electron chi connectivity index (χ4n) is 3.68. The summed E-state index contributed by atoms with van der Waals surface area (Å²) in [5, 5.41) is 2.53. The highest BCUT2D eigenvalue weighted by molar-refractivity contribution is 7.88. The van der Waals surface area contributed by atoms with Gasteiger partial charge in [0, 0.05) is 25.6 Å². The van der Waals surface area contributed by atoms with Crippen LogP contribution in [-0.4, -0.2) is 80.5 Å². The smallest absolute Gasteiger partial charge is 0.328 e. The molecule has 0 bridgehead atoms. The zero-order valence-electron chi connectivity index (χ0n) is 16.1. The van der Waals surface area contributed by atoms with Crippen LogP contribution in [0.4, 0.5) is 0 Å². The molecule has 2 aliphatic rings. The molecule has 1 aliphatic heterocycles. The summed E-state index contributed by atoms with van der Waals surface area (Å²) in [5.74, 6) is -1.39. The van der Waals surface area contributed by atoms with Crippen molar-refractivity contribution in [3.8, 4) is 0 Å². The largest absolute Gasteiger partial charge is 0.467 e. The highest BCUT2D eigenvalue weighted by Gasteiger charge is 2.40. The van der Waals surface area contributed by atoms with Gasteiger partial charge in [0.1, 0.15) is 12.1 Å². The number of amides is 2. The van der Waals surface area contributed by atoms with Crippen LogP contribution in [-0.2, 0) is 29.1 Å². The summed E-state index contributed by atoms with van der Waals surface area (Å²) in [6, 6.07) is -1.85. The lowest BCUT2D eigenvalue weighted by atomic mass is 9.87. The standard InChI is InChI=1S/C17H29N3O6S/c1-12(17(23)26-2)18-15(21)14-11-19(27(3,24)25)9-10-20(14)16(22)13-7-5-4-6-8-13/h12-14H,4-11H2,1-3H3,(H,18,21). The molecule has 1 saturated carbocycles. The van der Waals surface area contributed by atoms with E-state index < -0.39 is 34.0 Å². The lowest BCUT2D eigenvalue weighted by molar-refractivity contribution is -0.149. The minimum Gasteiger partial charge on any atom is -0.467 e. The van der Waals surface area contributed by atoms with Crippen molar-refractivity contribution in [2.75, 3.05) is 33.0 Å². The number of sulfonamides is 1. The Labute approximate surface area is 160 Å². The zero-order chi connectivity index (χ0) is 20.2. The predicted octanol–water partition coefficient (Wildman–Crippen LogP) is -0.283. The van der Waals surface area contributed by atoms with E-state index in [1.165, 1.54) is 23.2 Å². The fraction of sp³-hybridized carbons (Fsp3) is 0.824. The number of piperazine rings is 1. The first-order valence-electron chi connectivity index (χ1n) is 9.29. The zero-order valence-corrected chi connectivity index (χ0v) is 17.0. The van der Waals surface area contributed by atoms with Gasteiger partial charge in [-0.05, 0) is 19.8 Å². The van der Waals surface area contributed by atoms with Crippen LogP contribution < -0.4 is 5.32 Å². The third kappa shape index (κ3) is 5.41. The molecule has 2 rings (SSSR count). The van der Waals surface area contributed by atoms with Gasteiger partial charge in [0.25, 0.3) is 0 Å². The van der Waals surface area contributed by atoms with E-state index in [1.807, 2.05) is 0 Å². The van der Waals surface area contributed by atoms with E-state index in [0.717, 1.165) is 38.4 Å². The van der Waals surface area contributed by atoms with Crippen molar-refractivity contribution in [3.05, 3.63) is 0 Å². The van der Waals surface area contributed by atoms with Crippen LogP contribution in [0.25, 0.3) is 0 Å². The molecule has 1 aliphatic carbocycles. The summed E-state index contributed by atoms with van der Waals surface area (Å²) in [7, 11) is -2.27. The van der Waals surface area contributed by atoms with Gasteiger partial charge >= 0.3 is 5.97 Å². The van der Waals surface area contributed by atoms with Crippen LogP contribution in [0.3, 0.4) is 0 Å². The summed E-state index contributed by atoms with van der Waals surface area (Å²) in [5.41, 5.74) is 0. The molecular weight excluding hydrogens is 374 g/mol. The van der Waals surface area contributed by atoms with Crippen LogP contribution >= 0.6 is 0 Å². The van der Waals surface area contributed by atoms with Crippen LogP contribution in [0.2, 0.25) is 0 Å². The summed E-state index contributed by atoms with van der Waals surface area (Å²) in [4.78, 5) is 38.8. The molecule has 2 fully saturated rings. The molecule has 0 aromatic rings. The van der Waals surface area contributed by atoms with E-state index >= 15 is 0 Å². The van der Waals surface area contributed by atoms with Crippen molar-refractivity contribution in [1.82, 2.24) is 14.5 Å². The van der Waals surface area contributed by atoms with Crippen molar-refractivity contribution in [2.45, 2.75) is 51.1 Å². The highest BCUT2D eigenvalue weighted by atomic mass is 32.2. The molecule has 0 spiro atoms. The molecule has 2 atom stereocenters. The second-order valence-corrected chi connectivity index (χ2v) is 9.24. The van der Waals surface area contributed by atoms with Gasteiger partial charge in [-0.25, -0.2) is 13.2 Å². The number of carbonyl (C=O) groups excluding carboxylic acids is 3. The maximum atomic E-state index is 13.0. The molecule has 9 nitrogen and oxygen atoms in total. The van der Waals surface area contributed by atoms with Gasteiger partial charge in [-0.1, -0.05) is 19.3 Å². The first-order chi connectivity index (χ1) is 12.6. The monoisotopic (exact) mass is 403 g/mol. The molecule has 1 saturated heterocycles. The fourth-order valence-corrected chi connectivity index (χ4v) is 4.50. The molecule has 2 amide bonds. The van der Waals surface area contributed by atoms with E-state index in [2.05, 4.69) is 10.1 Å². The lowest BCUT2D eigenvalue weighted by Crippen LogP contribution is -2.63. The van der Waals surface area contributed by atoms with Crippen molar-refractivity contribution < 1.29 is 27.5 Å². The molecule has 10 heteroatoms. The van der Waals surface area contributed by atoms with Gasteiger partial charge in [-0.3, -0.25) is 9.59 Å². The maximum absolute atomic E-state index is 13.0. The lowest BCUT2D eigenvalue weighted by Gasteiger charge is -2.41. The van der Waals surface area contributed by atoms with E-state index in [0.29, 0.717) is 0 Å². The Balaban J connectivity index is 2.18. The minimum atomic E-state index is -3.49. The Morgan fingerprint density at radius 1 is 1.11 bits per heavy atom. The van der Waals surface area contributed by atoms with Gasteiger partial charge < -0.3 is 15.0 Å². The highest BCUT2D eigenvalue weighted by Crippen LogP contribution is 2.27. The SMILES string of the molecule is COC(=O)C(C)NC(=O)C1CN(S(C)(=O)=O)CCN1C(=O)C1CCCCC1. The summed E-state index contributed by atoms with van der Waals surface area (Å²) < 4.78 is 29.7. The van der Waals surface area contributed by atoms with E-state index in [4.69, 9.17) is 0 Å². The predicted molar refractivity (Wildman–Crippen MR) is 98.1 cm³/mol. The second-order valence-electron chi connectivity index (χ2n) is 7.26. The van der Waals surface area contributed by atoms with Crippen molar-refractivity contribution in [1.29, 1.82) is 0 Å². The molecule has 2 unspecified atom stereocenters. The molecular formula is C17H29N3O6S. The number of nitrogens with one attached hydrogen (secondary N) is 1. The number of rotatable bonds is 5. The first-order valence-corrected chi connectivity index (χ1v) is 11.1.